The van der Waals surface area contributed by atoms with E-state index in [1.807, 2.05) is 30.3 Å². The van der Waals surface area contributed by atoms with Gasteiger partial charge in [-0.15, -0.1) is 0 Å². The molecule has 28 heavy (non-hydrogen) atoms. The fourth-order valence-electron chi connectivity index (χ4n) is 3.06. The van der Waals surface area contributed by atoms with Crippen molar-refractivity contribution in [2.24, 2.45) is 5.73 Å². The maximum Gasteiger partial charge on any atom is 0.335 e. The number of fused-ring (bicyclic) bond motifs is 1. The Bertz CT molecular complexity index is 798. The van der Waals surface area contributed by atoms with Crippen molar-refractivity contribution in [3.63, 3.8) is 0 Å². The molecule has 2 aliphatic rings. The molecule has 0 saturated heterocycles. The number of nitrogens with two attached hydrogens (primary N) is 1. The minimum Gasteiger partial charge on any atom is -0.493 e. The van der Waals surface area contributed by atoms with Crippen LogP contribution in [0.3, 0.4) is 0 Å². The Morgan fingerprint density at radius 3 is 2.32 bits per heavy atom. The van der Waals surface area contributed by atoms with Crippen molar-refractivity contribution < 1.29 is 23.1 Å². The summed E-state index contributed by atoms with van der Waals surface area (Å²) in [6.07, 6.45) is 2.27. The summed E-state index contributed by atoms with van der Waals surface area (Å²) in [7, 11) is -3.24. The predicted molar refractivity (Wildman–Crippen MR) is 111 cm³/mol. The van der Waals surface area contributed by atoms with Crippen molar-refractivity contribution in [1.82, 2.24) is 0 Å². The molecule has 0 atom stereocenters. The highest BCUT2D eigenvalue weighted by Gasteiger charge is 2.25. The second kappa shape index (κ2) is 10.6. The minimum absolute atomic E-state index is 0.154. The zero-order valence-corrected chi connectivity index (χ0v) is 17.8. The van der Waals surface area contributed by atoms with Crippen LogP contribution in [0.15, 0.2) is 30.3 Å². The van der Waals surface area contributed by atoms with Crippen LogP contribution in [0, 0.1) is 0 Å². The van der Waals surface area contributed by atoms with Crippen LogP contribution in [0.5, 0.6) is 5.75 Å². The van der Waals surface area contributed by atoms with Crippen LogP contribution < -0.4 is 10.5 Å². The van der Waals surface area contributed by atoms with Crippen molar-refractivity contribution in [3.8, 4) is 16.9 Å². The topological polar surface area (TPSA) is 87.8 Å². The standard InChI is InChI=1S/C21H30NO5P/c1-4-7-12-25-20-13-16(15-28(24,26-5-2)27-6-3)8-10-18-17(14-21(22)23)9-11-19(18)20/h8-11,13H,4-7,12,14-15H2,1-3H3,(H2,22,23). The monoisotopic (exact) mass is 407 g/mol. The maximum atomic E-state index is 13.0. The average Bonchev–Trinajstić information content (AvgIpc) is 2.92. The summed E-state index contributed by atoms with van der Waals surface area (Å²) in [6, 6.07) is 9.51. The van der Waals surface area contributed by atoms with Gasteiger partial charge in [-0.3, -0.25) is 9.36 Å². The molecule has 0 bridgehead atoms. The molecule has 0 aromatic heterocycles. The lowest BCUT2D eigenvalue weighted by molar-refractivity contribution is -0.117. The Balaban J connectivity index is 2.45. The molecule has 2 N–H and O–H groups in total. The lowest BCUT2D eigenvalue weighted by Gasteiger charge is -2.16. The summed E-state index contributed by atoms with van der Waals surface area (Å²) < 4.78 is 29.8. The number of carbonyl (C=O) groups is 1. The molecule has 0 fully saturated rings. The first kappa shape index (κ1) is 22.4. The highest BCUT2D eigenvalue weighted by Crippen LogP contribution is 2.51. The first-order valence-electron chi connectivity index (χ1n) is 9.76. The summed E-state index contributed by atoms with van der Waals surface area (Å²) >= 11 is 0. The molecule has 2 rings (SSSR count). The summed E-state index contributed by atoms with van der Waals surface area (Å²) in [5.74, 6) is 0.309. The largest absolute Gasteiger partial charge is 0.493 e. The Labute approximate surface area is 167 Å². The van der Waals surface area contributed by atoms with Crippen LogP contribution in [-0.4, -0.2) is 25.7 Å². The van der Waals surface area contributed by atoms with Gasteiger partial charge in [-0.25, -0.2) is 0 Å². The highest BCUT2D eigenvalue weighted by atomic mass is 31.2. The van der Waals surface area contributed by atoms with Gasteiger partial charge in [0, 0.05) is 5.56 Å². The first-order valence-corrected chi connectivity index (χ1v) is 11.5. The van der Waals surface area contributed by atoms with E-state index in [9.17, 15) is 9.36 Å². The van der Waals surface area contributed by atoms with Crippen LogP contribution in [-0.2, 0) is 31.0 Å². The van der Waals surface area contributed by atoms with Gasteiger partial charge in [-0.05, 0) is 43.0 Å². The minimum atomic E-state index is -3.24. The lowest BCUT2D eigenvalue weighted by Crippen LogP contribution is -2.13. The third-order valence-corrected chi connectivity index (χ3v) is 6.34. The van der Waals surface area contributed by atoms with Gasteiger partial charge < -0.3 is 19.5 Å². The molecule has 0 unspecified atom stereocenters. The van der Waals surface area contributed by atoms with Crippen molar-refractivity contribution >= 4 is 13.5 Å². The number of primary amides is 1. The zero-order valence-electron chi connectivity index (χ0n) is 16.9. The Morgan fingerprint density at radius 1 is 1.04 bits per heavy atom. The van der Waals surface area contributed by atoms with Crippen molar-refractivity contribution in [1.29, 1.82) is 0 Å². The molecular formula is C21H30NO5P. The molecule has 0 heterocycles. The van der Waals surface area contributed by atoms with Crippen LogP contribution in [0.25, 0.3) is 11.1 Å². The van der Waals surface area contributed by atoms with E-state index in [4.69, 9.17) is 19.5 Å². The van der Waals surface area contributed by atoms with Crippen molar-refractivity contribution in [2.75, 3.05) is 19.8 Å². The van der Waals surface area contributed by atoms with Crippen LogP contribution in [0.4, 0.5) is 0 Å². The molecule has 0 spiro atoms. The van der Waals surface area contributed by atoms with E-state index in [0.717, 1.165) is 35.1 Å². The summed E-state index contributed by atoms with van der Waals surface area (Å²) in [5, 5.41) is 0. The molecule has 6 nitrogen and oxygen atoms in total. The van der Waals surface area contributed by atoms with Gasteiger partial charge in [0.25, 0.3) is 0 Å². The number of carbonyl (C=O) groups excluding carboxylic acids is 1. The van der Waals surface area contributed by atoms with Gasteiger partial charge in [-0.2, -0.15) is 0 Å². The molecule has 2 aliphatic carbocycles. The molecule has 0 aromatic carbocycles. The van der Waals surface area contributed by atoms with Crippen LogP contribution in [0.2, 0.25) is 0 Å². The van der Waals surface area contributed by atoms with E-state index in [1.54, 1.807) is 13.8 Å². The Hall–Kier alpha value is -1.88. The van der Waals surface area contributed by atoms with Gasteiger partial charge >= 0.3 is 7.60 Å². The number of hydrogen-bond donors (Lipinski definition) is 1. The Morgan fingerprint density at radius 2 is 1.71 bits per heavy atom. The van der Waals surface area contributed by atoms with Gasteiger partial charge in [0.05, 0.1) is 32.4 Å². The normalized spacial score (nSPS) is 11.7. The molecule has 0 radical (unpaired) electrons. The number of amides is 1. The third kappa shape index (κ3) is 6.06. The van der Waals surface area contributed by atoms with Gasteiger partial charge in [0.15, 0.2) is 0 Å². The molecule has 1 amide bonds. The summed E-state index contributed by atoms with van der Waals surface area (Å²) in [4.78, 5) is 11.4. The summed E-state index contributed by atoms with van der Waals surface area (Å²) in [5.41, 5.74) is 8.83. The molecule has 0 saturated carbocycles. The highest BCUT2D eigenvalue weighted by molar-refractivity contribution is 7.53. The van der Waals surface area contributed by atoms with Crippen molar-refractivity contribution in [3.05, 3.63) is 41.5 Å². The number of hydrogen-bond acceptors (Lipinski definition) is 5. The van der Waals surface area contributed by atoms with E-state index >= 15 is 0 Å². The first-order chi connectivity index (χ1) is 13.4. The van der Waals surface area contributed by atoms with E-state index in [1.165, 1.54) is 0 Å². The van der Waals surface area contributed by atoms with Gasteiger partial charge in [0.1, 0.15) is 5.75 Å². The van der Waals surface area contributed by atoms with Gasteiger partial charge in [0.2, 0.25) is 5.91 Å². The molecule has 0 aromatic rings. The predicted octanol–water partition coefficient (Wildman–Crippen LogP) is 4.76. The fourth-order valence-corrected chi connectivity index (χ4v) is 4.75. The SMILES string of the molecule is CCCCOc1cc(CP(=O)(OCC)OCC)ccc2c(CC(N)=O)ccc1-2. The lowest BCUT2D eigenvalue weighted by atomic mass is 10.1. The fraction of sp³-hybridized carbons (Fsp3) is 0.476. The second-order valence-corrected chi connectivity index (χ2v) is 8.61. The molecule has 7 heteroatoms. The molecule has 0 aliphatic heterocycles. The van der Waals surface area contributed by atoms with Crippen molar-refractivity contribution in [2.45, 2.75) is 46.2 Å². The smallest absolute Gasteiger partial charge is 0.335 e. The second-order valence-electron chi connectivity index (χ2n) is 6.55. The van der Waals surface area contributed by atoms with E-state index in [-0.39, 0.29) is 18.5 Å². The average molecular weight is 407 g/mol. The van der Waals surface area contributed by atoms with Crippen LogP contribution in [0.1, 0.15) is 44.7 Å². The number of ether oxygens (including phenoxy) is 1. The van der Waals surface area contributed by atoms with Gasteiger partial charge in [-0.1, -0.05) is 37.6 Å². The van der Waals surface area contributed by atoms with Crippen LogP contribution >= 0.6 is 7.60 Å². The summed E-state index contributed by atoms with van der Waals surface area (Å²) in [6.45, 7) is 6.89. The molecule has 154 valence electrons. The van der Waals surface area contributed by atoms with E-state index in [0.29, 0.717) is 25.6 Å². The Kier molecular flexibility index (Phi) is 8.49. The number of unbranched alkanes of at least 4 members (excludes halogenated alkanes) is 1. The van der Waals surface area contributed by atoms with E-state index < -0.39 is 7.60 Å². The van der Waals surface area contributed by atoms with E-state index in [2.05, 4.69) is 6.92 Å². The quantitative estimate of drug-likeness (QED) is 0.405. The molecular weight excluding hydrogens is 377 g/mol. The number of rotatable bonds is 12. The third-order valence-electron chi connectivity index (χ3n) is 4.28. The maximum absolute atomic E-state index is 13.0. The zero-order chi connectivity index (χ0) is 20.6.